The molecule has 0 aliphatic heterocycles. The van der Waals surface area contributed by atoms with Crippen molar-refractivity contribution in [2.24, 2.45) is 5.92 Å². The topological polar surface area (TPSA) is 81.1 Å². The van der Waals surface area contributed by atoms with Gasteiger partial charge in [0.2, 0.25) is 5.91 Å². The Morgan fingerprint density at radius 2 is 1.83 bits per heavy atom. The van der Waals surface area contributed by atoms with Crippen LogP contribution < -0.4 is 5.32 Å². The number of aromatic nitrogens is 2. The molecule has 0 fully saturated rings. The average molecular weight is 415 g/mol. The first-order valence-corrected chi connectivity index (χ1v) is 10.9. The fourth-order valence-corrected chi connectivity index (χ4v) is 4.44. The summed E-state index contributed by atoms with van der Waals surface area (Å²) in [6.45, 7) is 1.97. The van der Waals surface area contributed by atoms with Crippen LogP contribution in [0.4, 0.5) is 4.39 Å². The first-order chi connectivity index (χ1) is 13.8. The molecule has 3 aromatic rings. The van der Waals surface area contributed by atoms with E-state index in [-0.39, 0.29) is 16.6 Å². The second kappa shape index (κ2) is 9.00. The van der Waals surface area contributed by atoms with Crippen molar-refractivity contribution in [3.05, 3.63) is 78.4 Å². The normalized spacial score (nSPS) is 12.5. The summed E-state index contributed by atoms with van der Waals surface area (Å²) in [4.78, 5) is 12.3. The molecule has 1 amide bonds. The van der Waals surface area contributed by atoms with E-state index in [2.05, 4.69) is 10.4 Å². The Morgan fingerprint density at radius 1 is 1.14 bits per heavy atom. The Kier molecular flexibility index (Phi) is 6.43. The number of hydrogen-bond acceptors (Lipinski definition) is 4. The molecule has 0 bridgehead atoms. The minimum Gasteiger partial charge on any atom is -0.356 e. The molecule has 1 heterocycles. The summed E-state index contributed by atoms with van der Waals surface area (Å²) < 4.78 is 39.5. The number of rotatable bonds is 8. The third-order valence-electron chi connectivity index (χ3n) is 4.51. The number of carbonyl (C=O) groups excluding carboxylic acids is 1. The molecule has 0 saturated carbocycles. The summed E-state index contributed by atoms with van der Waals surface area (Å²) in [5.41, 5.74) is 2.00. The number of nitrogens with one attached hydrogen (secondary N) is 1. The van der Waals surface area contributed by atoms with Crippen molar-refractivity contribution < 1.29 is 17.6 Å². The number of carbonyl (C=O) groups is 1. The van der Waals surface area contributed by atoms with Crippen LogP contribution in [0, 0.1) is 11.7 Å². The van der Waals surface area contributed by atoms with Crippen LogP contribution in [0.3, 0.4) is 0 Å². The summed E-state index contributed by atoms with van der Waals surface area (Å²) in [6, 6.07) is 14.3. The Labute approximate surface area is 169 Å². The largest absolute Gasteiger partial charge is 0.356 e. The summed E-state index contributed by atoms with van der Waals surface area (Å²) in [5, 5.41) is 6.94. The molecule has 152 valence electrons. The predicted octanol–water partition coefficient (Wildman–Crippen LogP) is 2.78. The Balaban J connectivity index is 1.49. The Bertz CT molecular complexity index is 1050. The molecule has 29 heavy (non-hydrogen) atoms. The number of benzene rings is 2. The van der Waals surface area contributed by atoms with Gasteiger partial charge in [-0.2, -0.15) is 5.10 Å². The van der Waals surface area contributed by atoms with Crippen molar-refractivity contribution in [2.45, 2.75) is 18.2 Å². The van der Waals surface area contributed by atoms with Gasteiger partial charge in [0.25, 0.3) is 0 Å². The molecule has 0 aliphatic carbocycles. The van der Waals surface area contributed by atoms with Gasteiger partial charge in [0, 0.05) is 24.9 Å². The van der Waals surface area contributed by atoms with E-state index in [9.17, 15) is 17.6 Å². The molecular weight excluding hydrogens is 393 g/mol. The molecule has 8 heteroatoms. The van der Waals surface area contributed by atoms with Crippen LogP contribution in [0.15, 0.2) is 71.9 Å². The van der Waals surface area contributed by atoms with Gasteiger partial charge >= 0.3 is 0 Å². The fourth-order valence-electron chi connectivity index (χ4n) is 2.88. The summed E-state index contributed by atoms with van der Waals surface area (Å²) in [6.07, 6.45) is 4.19. The molecule has 1 aromatic heterocycles. The molecule has 3 rings (SSSR count). The molecular formula is C21H22FN3O3S. The number of hydrogen-bond donors (Lipinski definition) is 1. The van der Waals surface area contributed by atoms with Crippen LogP contribution >= 0.6 is 0 Å². The molecule has 1 N–H and O–H groups in total. The minimum absolute atomic E-state index is 0.0100. The zero-order valence-electron chi connectivity index (χ0n) is 16.0. The zero-order valence-corrected chi connectivity index (χ0v) is 16.8. The third-order valence-corrected chi connectivity index (χ3v) is 6.44. The van der Waals surface area contributed by atoms with Gasteiger partial charge in [-0.25, -0.2) is 17.5 Å². The first kappa shape index (κ1) is 20.7. The summed E-state index contributed by atoms with van der Waals surface area (Å²) in [5.74, 6) is -1.88. The van der Waals surface area contributed by atoms with Gasteiger partial charge in [-0.15, -0.1) is 0 Å². The highest BCUT2D eigenvalue weighted by Gasteiger charge is 2.23. The predicted molar refractivity (Wildman–Crippen MR) is 108 cm³/mol. The van der Waals surface area contributed by atoms with Gasteiger partial charge in [0.05, 0.1) is 16.3 Å². The lowest BCUT2D eigenvalue weighted by Crippen LogP contribution is -2.34. The zero-order chi connectivity index (χ0) is 20.9. The molecule has 0 saturated heterocycles. The second-order valence-corrected chi connectivity index (χ2v) is 8.83. The molecule has 1 atom stereocenters. The quantitative estimate of drug-likeness (QED) is 0.574. The van der Waals surface area contributed by atoms with E-state index in [0.29, 0.717) is 13.0 Å². The molecule has 0 radical (unpaired) electrons. The van der Waals surface area contributed by atoms with Crippen molar-refractivity contribution in [3.63, 3.8) is 0 Å². The highest BCUT2D eigenvalue weighted by molar-refractivity contribution is 7.91. The van der Waals surface area contributed by atoms with Gasteiger partial charge in [0.1, 0.15) is 5.82 Å². The molecule has 2 aromatic carbocycles. The van der Waals surface area contributed by atoms with Gasteiger partial charge in [0.15, 0.2) is 9.84 Å². The molecule has 0 spiro atoms. The van der Waals surface area contributed by atoms with Gasteiger partial charge in [-0.05, 0) is 54.4 Å². The maximum Gasteiger partial charge on any atom is 0.223 e. The monoisotopic (exact) mass is 415 g/mol. The van der Waals surface area contributed by atoms with Gasteiger partial charge in [-0.3, -0.25) is 4.79 Å². The van der Waals surface area contributed by atoms with E-state index in [1.54, 1.807) is 17.8 Å². The third kappa shape index (κ3) is 5.51. The van der Waals surface area contributed by atoms with Crippen molar-refractivity contribution >= 4 is 15.7 Å². The van der Waals surface area contributed by atoms with Crippen molar-refractivity contribution in [2.75, 3.05) is 12.3 Å². The van der Waals surface area contributed by atoms with E-state index >= 15 is 0 Å². The van der Waals surface area contributed by atoms with Gasteiger partial charge < -0.3 is 5.32 Å². The van der Waals surface area contributed by atoms with E-state index in [4.69, 9.17) is 0 Å². The first-order valence-electron chi connectivity index (χ1n) is 9.20. The van der Waals surface area contributed by atoms with Crippen LogP contribution in [0.25, 0.3) is 5.69 Å². The van der Waals surface area contributed by atoms with Crippen molar-refractivity contribution in [1.82, 2.24) is 15.1 Å². The van der Waals surface area contributed by atoms with E-state index in [1.165, 1.54) is 12.1 Å². The lowest BCUT2D eigenvalue weighted by atomic mass is 10.1. The van der Waals surface area contributed by atoms with Crippen LogP contribution in [-0.2, 0) is 21.1 Å². The number of sulfone groups is 1. The van der Waals surface area contributed by atoms with E-state index in [1.807, 2.05) is 36.5 Å². The Hall–Kier alpha value is -3.00. The number of amides is 1. The average Bonchev–Trinajstić information content (AvgIpc) is 3.23. The standard InChI is InChI=1S/C21H22FN3O3S/c1-16(15-29(27,28)20-9-5-18(22)6-10-20)21(26)23-13-11-17-3-7-19(8-4-17)25-14-2-12-24-25/h2-10,12,14,16H,11,13,15H2,1H3,(H,23,26)/t16-/m0/s1. The van der Waals surface area contributed by atoms with Crippen LogP contribution in [-0.4, -0.2) is 36.4 Å². The SMILES string of the molecule is C[C@@H](CS(=O)(=O)c1ccc(F)cc1)C(=O)NCCc1ccc(-n2cccn2)cc1. The fraction of sp³-hybridized carbons (Fsp3) is 0.238. The summed E-state index contributed by atoms with van der Waals surface area (Å²) in [7, 11) is -3.66. The molecule has 6 nitrogen and oxygen atoms in total. The minimum atomic E-state index is -3.66. The lowest BCUT2D eigenvalue weighted by molar-refractivity contribution is -0.123. The van der Waals surface area contributed by atoms with Crippen LogP contribution in [0.2, 0.25) is 0 Å². The highest BCUT2D eigenvalue weighted by Crippen LogP contribution is 2.15. The van der Waals surface area contributed by atoms with Crippen LogP contribution in [0.1, 0.15) is 12.5 Å². The maximum absolute atomic E-state index is 13.0. The van der Waals surface area contributed by atoms with E-state index < -0.39 is 21.6 Å². The highest BCUT2D eigenvalue weighted by atomic mass is 32.2. The van der Waals surface area contributed by atoms with Crippen molar-refractivity contribution in [1.29, 1.82) is 0 Å². The Morgan fingerprint density at radius 3 is 2.45 bits per heavy atom. The smallest absolute Gasteiger partial charge is 0.223 e. The maximum atomic E-state index is 13.0. The number of nitrogens with zero attached hydrogens (tertiary/aromatic N) is 2. The van der Waals surface area contributed by atoms with Crippen LogP contribution in [0.5, 0.6) is 0 Å². The second-order valence-electron chi connectivity index (χ2n) is 6.79. The number of halogens is 1. The lowest BCUT2D eigenvalue weighted by Gasteiger charge is -2.13. The van der Waals surface area contributed by atoms with Gasteiger partial charge in [-0.1, -0.05) is 19.1 Å². The molecule has 0 unspecified atom stereocenters. The van der Waals surface area contributed by atoms with E-state index in [0.717, 1.165) is 23.4 Å². The summed E-state index contributed by atoms with van der Waals surface area (Å²) >= 11 is 0. The molecule has 0 aliphatic rings. The van der Waals surface area contributed by atoms with Crippen molar-refractivity contribution in [3.8, 4) is 5.69 Å².